The monoisotopic (exact) mass is 301 g/mol. The zero-order valence-electron chi connectivity index (χ0n) is 12.9. The number of hydrogen-bond acceptors (Lipinski definition) is 4. The highest BCUT2D eigenvalue weighted by Gasteiger charge is 2.19. The maximum atomic E-state index is 11.7. The van der Waals surface area contributed by atoms with Crippen molar-refractivity contribution in [2.24, 2.45) is 5.92 Å². The lowest BCUT2D eigenvalue weighted by Gasteiger charge is -2.31. The first-order valence-corrected chi connectivity index (χ1v) is 7.53. The molecule has 0 spiro atoms. The molecule has 3 N–H and O–H groups in total. The van der Waals surface area contributed by atoms with Crippen molar-refractivity contribution in [2.75, 3.05) is 39.8 Å². The molecule has 0 aromatic carbocycles. The van der Waals surface area contributed by atoms with Crippen LogP contribution in [-0.2, 0) is 9.53 Å². The van der Waals surface area contributed by atoms with Gasteiger partial charge in [0.05, 0.1) is 12.5 Å². The molecular weight excluding hydrogens is 274 g/mol. The molecule has 122 valence electrons. The van der Waals surface area contributed by atoms with E-state index in [1.54, 1.807) is 0 Å². The lowest BCUT2D eigenvalue weighted by atomic mass is 9.97. The fourth-order valence-electron chi connectivity index (χ4n) is 2.45. The number of nitrogens with one attached hydrogen (secondary N) is 2. The third-order valence-corrected chi connectivity index (χ3v) is 3.93. The number of carbonyl (C=O) groups excluding carboxylic acids is 1. The first kappa shape index (κ1) is 17.7. The number of carboxylic acid groups (broad SMARTS) is 1. The van der Waals surface area contributed by atoms with Crippen molar-refractivity contribution in [1.29, 1.82) is 0 Å². The van der Waals surface area contributed by atoms with Gasteiger partial charge in [-0.1, -0.05) is 6.92 Å². The largest absolute Gasteiger partial charge is 0.481 e. The Morgan fingerprint density at radius 2 is 2.00 bits per heavy atom. The van der Waals surface area contributed by atoms with Crippen LogP contribution in [0.4, 0.5) is 4.79 Å². The average molecular weight is 301 g/mol. The predicted octanol–water partition coefficient (Wildman–Crippen LogP) is 0.507. The van der Waals surface area contributed by atoms with Gasteiger partial charge in [0.2, 0.25) is 0 Å². The van der Waals surface area contributed by atoms with Gasteiger partial charge in [0.15, 0.2) is 0 Å². The molecule has 7 heteroatoms. The summed E-state index contributed by atoms with van der Waals surface area (Å²) in [5, 5.41) is 14.2. The second-order valence-corrected chi connectivity index (χ2v) is 5.42. The van der Waals surface area contributed by atoms with E-state index < -0.39 is 12.1 Å². The molecule has 1 saturated heterocycles. The zero-order valence-corrected chi connectivity index (χ0v) is 12.9. The van der Waals surface area contributed by atoms with Gasteiger partial charge < -0.3 is 25.4 Å². The van der Waals surface area contributed by atoms with Crippen LogP contribution in [-0.4, -0.2) is 67.9 Å². The van der Waals surface area contributed by atoms with E-state index in [0.29, 0.717) is 12.5 Å². The van der Waals surface area contributed by atoms with Crippen LogP contribution in [0.25, 0.3) is 0 Å². The minimum Gasteiger partial charge on any atom is -0.481 e. The van der Waals surface area contributed by atoms with Gasteiger partial charge in [-0.25, -0.2) is 4.79 Å². The maximum Gasteiger partial charge on any atom is 0.314 e. The van der Waals surface area contributed by atoms with Crippen molar-refractivity contribution < 1.29 is 19.4 Å². The van der Waals surface area contributed by atoms with Crippen LogP contribution in [0.15, 0.2) is 0 Å². The third kappa shape index (κ3) is 7.29. The SMILES string of the molecule is CCN1CCC(CNC(=O)NCC(CC(=O)O)OC)CC1. The fraction of sp³-hybridized carbons (Fsp3) is 0.857. The summed E-state index contributed by atoms with van der Waals surface area (Å²) in [5.41, 5.74) is 0. The number of carbonyl (C=O) groups is 2. The van der Waals surface area contributed by atoms with Crippen LogP contribution in [0.2, 0.25) is 0 Å². The molecule has 1 aliphatic rings. The standard InChI is InChI=1S/C14H27N3O4/c1-3-17-6-4-11(5-7-17)9-15-14(20)16-10-12(21-2)8-13(18)19/h11-12H,3-10H2,1-2H3,(H,18,19)(H2,15,16,20). The van der Waals surface area contributed by atoms with Crippen molar-refractivity contribution in [3.8, 4) is 0 Å². The highest BCUT2D eigenvalue weighted by atomic mass is 16.5. The van der Waals surface area contributed by atoms with Crippen molar-refractivity contribution in [3.05, 3.63) is 0 Å². The number of carboxylic acids is 1. The molecule has 0 aliphatic carbocycles. The number of piperidine rings is 1. The summed E-state index contributed by atoms with van der Waals surface area (Å²) in [6, 6.07) is -0.264. The Kier molecular flexibility index (Phi) is 8.07. The van der Waals surface area contributed by atoms with Gasteiger partial charge >= 0.3 is 12.0 Å². The number of ether oxygens (including phenoxy) is 1. The molecule has 1 rings (SSSR count). The molecular formula is C14H27N3O4. The van der Waals surface area contributed by atoms with Crippen LogP contribution in [0.3, 0.4) is 0 Å². The Balaban J connectivity index is 2.15. The number of hydrogen-bond donors (Lipinski definition) is 3. The number of likely N-dealkylation sites (tertiary alicyclic amines) is 1. The molecule has 0 aromatic heterocycles. The van der Waals surface area contributed by atoms with Gasteiger partial charge in [0, 0.05) is 20.2 Å². The summed E-state index contributed by atoms with van der Waals surface area (Å²) >= 11 is 0. The predicted molar refractivity (Wildman–Crippen MR) is 79.3 cm³/mol. The number of rotatable bonds is 8. The quantitative estimate of drug-likeness (QED) is 0.607. The molecule has 2 amide bonds. The highest BCUT2D eigenvalue weighted by molar-refractivity contribution is 5.74. The first-order valence-electron chi connectivity index (χ1n) is 7.53. The number of amides is 2. The van der Waals surface area contributed by atoms with E-state index in [1.165, 1.54) is 7.11 Å². The first-order chi connectivity index (χ1) is 10.0. The molecule has 0 saturated carbocycles. The second kappa shape index (κ2) is 9.57. The molecule has 0 aromatic rings. The van der Waals surface area contributed by atoms with Gasteiger partial charge in [-0.05, 0) is 38.4 Å². The van der Waals surface area contributed by atoms with E-state index in [-0.39, 0.29) is 19.0 Å². The molecule has 0 radical (unpaired) electrons. The van der Waals surface area contributed by atoms with E-state index in [0.717, 1.165) is 32.5 Å². The van der Waals surface area contributed by atoms with Gasteiger partial charge in [0.1, 0.15) is 0 Å². The minimum atomic E-state index is -0.938. The summed E-state index contributed by atoms with van der Waals surface area (Å²) in [4.78, 5) is 24.7. The summed E-state index contributed by atoms with van der Waals surface area (Å²) in [6.45, 7) is 6.30. The molecule has 7 nitrogen and oxygen atoms in total. The Morgan fingerprint density at radius 1 is 1.33 bits per heavy atom. The molecule has 1 aliphatic heterocycles. The van der Waals surface area contributed by atoms with Crippen LogP contribution in [0, 0.1) is 5.92 Å². The van der Waals surface area contributed by atoms with Crippen molar-refractivity contribution >= 4 is 12.0 Å². The van der Waals surface area contributed by atoms with Crippen LogP contribution >= 0.6 is 0 Å². The molecule has 0 bridgehead atoms. The molecule has 1 atom stereocenters. The number of aliphatic carboxylic acids is 1. The summed E-state index contributed by atoms with van der Waals surface area (Å²) in [5.74, 6) is -0.414. The van der Waals surface area contributed by atoms with Gasteiger partial charge in [0.25, 0.3) is 0 Å². The van der Waals surface area contributed by atoms with E-state index in [2.05, 4.69) is 22.5 Å². The number of nitrogens with zero attached hydrogens (tertiary/aromatic N) is 1. The van der Waals surface area contributed by atoms with Crippen molar-refractivity contribution in [1.82, 2.24) is 15.5 Å². The summed E-state index contributed by atoms with van der Waals surface area (Å²) in [7, 11) is 1.44. The highest BCUT2D eigenvalue weighted by Crippen LogP contribution is 2.15. The van der Waals surface area contributed by atoms with Crippen molar-refractivity contribution in [3.63, 3.8) is 0 Å². The van der Waals surface area contributed by atoms with Crippen LogP contribution < -0.4 is 10.6 Å². The van der Waals surface area contributed by atoms with Gasteiger partial charge in [-0.2, -0.15) is 0 Å². The smallest absolute Gasteiger partial charge is 0.314 e. The summed E-state index contributed by atoms with van der Waals surface area (Å²) < 4.78 is 5.00. The number of methoxy groups -OCH3 is 1. The number of urea groups is 1. The van der Waals surface area contributed by atoms with Gasteiger partial charge in [-0.15, -0.1) is 0 Å². The fourth-order valence-corrected chi connectivity index (χ4v) is 2.45. The average Bonchev–Trinajstić information content (AvgIpc) is 2.49. The Bertz CT molecular complexity index is 330. The van der Waals surface area contributed by atoms with Crippen molar-refractivity contribution in [2.45, 2.75) is 32.3 Å². The molecule has 1 heterocycles. The third-order valence-electron chi connectivity index (χ3n) is 3.93. The molecule has 1 fully saturated rings. The van der Waals surface area contributed by atoms with E-state index >= 15 is 0 Å². The van der Waals surface area contributed by atoms with Crippen LogP contribution in [0.1, 0.15) is 26.2 Å². The molecule has 1 unspecified atom stereocenters. The van der Waals surface area contributed by atoms with E-state index in [1.807, 2.05) is 0 Å². The zero-order chi connectivity index (χ0) is 15.7. The second-order valence-electron chi connectivity index (χ2n) is 5.42. The van der Waals surface area contributed by atoms with E-state index in [4.69, 9.17) is 9.84 Å². The Labute approximate surface area is 126 Å². The normalized spacial score (nSPS) is 18.2. The maximum absolute atomic E-state index is 11.7. The topological polar surface area (TPSA) is 90.9 Å². The van der Waals surface area contributed by atoms with Crippen LogP contribution in [0.5, 0.6) is 0 Å². The Hall–Kier alpha value is -1.34. The van der Waals surface area contributed by atoms with Gasteiger partial charge in [-0.3, -0.25) is 4.79 Å². The lowest BCUT2D eigenvalue weighted by Crippen LogP contribution is -2.44. The summed E-state index contributed by atoms with van der Waals surface area (Å²) in [6.07, 6.45) is 1.59. The van der Waals surface area contributed by atoms with E-state index in [9.17, 15) is 9.59 Å². The Morgan fingerprint density at radius 3 is 2.52 bits per heavy atom. The lowest BCUT2D eigenvalue weighted by molar-refractivity contribution is -0.139. The minimum absolute atomic E-state index is 0.119. The molecule has 21 heavy (non-hydrogen) atoms.